The number of carboxylic acids is 1. The monoisotopic (exact) mass is 161 g/mol. The lowest BCUT2D eigenvalue weighted by Gasteiger charge is -2.08. The van der Waals surface area contributed by atoms with Crippen molar-refractivity contribution in [2.75, 3.05) is 0 Å². The van der Waals surface area contributed by atoms with E-state index in [2.05, 4.69) is 0 Å². The zero-order valence-corrected chi connectivity index (χ0v) is 6.15. The van der Waals surface area contributed by atoms with Gasteiger partial charge in [-0.2, -0.15) is 0 Å². The van der Waals surface area contributed by atoms with Gasteiger partial charge in [0.2, 0.25) is 0 Å². The summed E-state index contributed by atoms with van der Waals surface area (Å²) in [6.45, 7) is 1.25. The van der Waals surface area contributed by atoms with Crippen molar-refractivity contribution in [1.29, 1.82) is 0 Å². The van der Waals surface area contributed by atoms with Crippen LogP contribution in [0.1, 0.15) is 13.3 Å². The molecule has 0 aromatic rings. The lowest BCUT2D eigenvalue weighted by molar-refractivity contribution is -0.140. The first-order valence-corrected chi connectivity index (χ1v) is 3.14. The van der Waals surface area contributed by atoms with Crippen molar-refractivity contribution in [2.24, 2.45) is 5.73 Å². The predicted molar refractivity (Wildman–Crippen MR) is 36.9 cm³/mol. The molecule has 2 atom stereocenters. The molecule has 0 aromatic heterocycles. The molecule has 0 aliphatic rings. The number of carboxylic acid groups (broad SMARTS) is 1. The first-order chi connectivity index (χ1) is 4.95. The van der Waals surface area contributed by atoms with E-state index < -0.39 is 30.3 Å². The maximum atomic E-state index is 10.7. The van der Waals surface area contributed by atoms with Gasteiger partial charge in [-0.1, -0.05) is 0 Å². The van der Waals surface area contributed by atoms with Gasteiger partial charge in [0.15, 0.2) is 5.78 Å². The summed E-state index contributed by atoms with van der Waals surface area (Å²) in [5.74, 6) is -1.79. The molecule has 0 aromatic carbocycles. The number of Topliss-reactive ketones (excluding diaryl/α,β-unsaturated/α-hetero) is 1. The van der Waals surface area contributed by atoms with Crippen molar-refractivity contribution >= 4 is 11.8 Å². The summed E-state index contributed by atoms with van der Waals surface area (Å²) in [5.41, 5.74) is 5.13. The Bertz CT molecular complexity index is 166. The molecule has 0 aliphatic carbocycles. The van der Waals surface area contributed by atoms with Gasteiger partial charge in [-0.3, -0.25) is 9.59 Å². The van der Waals surface area contributed by atoms with Gasteiger partial charge >= 0.3 is 5.97 Å². The van der Waals surface area contributed by atoms with Gasteiger partial charge in [-0.15, -0.1) is 0 Å². The lowest BCUT2D eigenvalue weighted by atomic mass is 10.1. The molecule has 0 saturated carbocycles. The number of aliphatic hydroxyl groups excluding tert-OH is 1. The van der Waals surface area contributed by atoms with Crippen LogP contribution in [0.4, 0.5) is 0 Å². The Hall–Kier alpha value is -0.940. The molecule has 0 bridgehead atoms. The molecule has 1 unspecified atom stereocenters. The van der Waals surface area contributed by atoms with E-state index in [4.69, 9.17) is 15.9 Å². The van der Waals surface area contributed by atoms with Crippen LogP contribution >= 0.6 is 0 Å². The standard InChI is InChI=1S/C6H11NO4/c1-3(8)6(11)4(7)2-5(9)10/h3-4,8H,2,7H2,1H3,(H,9,10)/t3?,4-/m0/s1. The van der Waals surface area contributed by atoms with Gasteiger partial charge in [0.25, 0.3) is 0 Å². The SMILES string of the molecule is CC(O)C(=O)[C@@H](N)CC(=O)O. The molecule has 5 nitrogen and oxygen atoms in total. The molecule has 11 heavy (non-hydrogen) atoms. The highest BCUT2D eigenvalue weighted by atomic mass is 16.4. The van der Waals surface area contributed by atoms with E-state index in [0.29, 0.717) is 0 Å². The van der Waals surface area contributed by atoms with Gasteiger partial charge in [0, 0.05) is 0 Å². The highest BCUT2D eigenvalue weighted by molar-refractivity contribution is 5.90. The minimum absolute atomic E-state index is 0.441. The fourth-order valence-electron chi connectivity index (χ4n) is 0.599. The van der Waals surface area contributed by atoms with Crippen molar-refractivity contribution < 1.29 is 19.8 Å². The van der Waals surface area contributed by atoms with Crippen LogP contribution in [0.25, 0.3) is 0 Å². The fraction of sp³-hybridized carbons (Fsp3) is 0.667. The Morgan fingerprint density at radius 2 is 2.00 bits per heavy atom. The van der Waals surface area contributed by atoms with Crippen LogP contribution in [0, 0.1) is 0 Å². The normalized spacial score (nSPS) is 15.5. The minimum Gasteiger partial charge on any atom is -0.481 e. The largest absolute Gasteiger partial charge is 0.481 e. The van der Waals surface area contributed by atoms with Crippen LogP contribution in [0.15, 0.2) is 0 Å². The van der Waals surface area contributed by atoms with E-state index in [1.807, 2.05) is 0 Å². The van der Waals surface area contributed by atoms with Crippen LogP contribution in [0.2, 0.25) is 0 Å². The van der Waals surface area contributed by atoms with E-state index in [-0.39, 0.29) is 0 Å². The number of aliphatic carboxylic acids is 1. The second-order valence-corrected chi connectivity index (χ2v) is 2.28. The number of nitrogens with two attached hydrogens (primary N) is 1. The van der Waals surface area contributed by atoms with Gasteiger partial charge in [-0.05, 0) is 6.92 Å². The molecular weight excluding hydrogens is 150 g/mol. The maximum absolute atomic E-state index is 10.7. The average molecular weight is 161 g/mol. The molecule has 0 rings (SSSR count). The summed E-state index contributed by atoms with van der Waals surface area (Å²) in [6.07, 6.45) is -1.63. The summed E-state index contributed by atoms with van der Waals surface area (Å²) in [6, 6.07) is -1.10. The lowest BCUT2D eigenvalue weighted by Crippen LogP contribution is -2.38. The van der Waals surface area contributed by atoms with Gasteiger partial charge in [0.05, 0.1) is 12.5 Å². The number of aliphatic hydroxyl groups is 1. The van der Waals surface area contributed by atoms with E-state index in [1.54, 1.807) is 0 Å². The fourth-order valence-corrected chi connectivity index (χ4v) is 0.599. The molecule has 0 amide bonds. The maximum Gasteiger partial charge on any atom is 0.305 e. The van der Waals surface area contributed by atoms with Crippen LogP contribution in [0.3, 0.4) is 0 Å². The first kappa shape index (κ1) is 10.1. The third-order valence-corrected chi connectivity index (χ3v) is 1.17. The summed E-state index contributed by atoms with van der Waals surface area (Å²) in [5, 5.41) is 16.9. The van der Waals surface area contributed by atoms with Crippen molar-refractivity contribution in [1.82, 2.24) is 0 Å². The number of carbonyl (C=O) groups excluding carboxylic acids is 1. The van der Waals surface area contributed by atoms with Crippen LogP contribution < -0.4 is 5.73 Å². The molecule has 0 saturated heterocycles. The minimum atomic E-state index is -1.19. The van der Waals surface area contributed by atoms with Gasteiger partial charge < -0.3 is 15.9 Å². The number of hydrogen-bond donors (Lipinski definition) is 3. The number of rotatable bonds is 4. The van der Waals surface area contributed by atoms with E-state index in [9.17, 15) is 9.59 Å². The molecule has 5 heteroatoms. The molecule has 0 aliphatic heterocycles. The highest BCUT2D eigenvalue weighted by Gasteiger charge is 2.20. The zero-order chi connectivity index (χ0) is 9.02. The Morgan fingerprint density at radius 3 is 2.27 bits per heavy atom. The highest BCUT2D eigenvalue weighted by Crippen LogP contribution is 1.94. The van der Waals surface area contributed by atoms with Gasteiger partial charge in [0.1, 0.15) is 6.10 Å². The van der Waals surface area contributed by atoms with Gasteiger partial charge in [-0.25, -0.2) is 0 Å². The molecule has 0 fully saturated rings. The quantitative estimate of drug-likeness (QED) is 0.477. The predicted octanol–water partition coefficient (Wildman–Crippen LogP) is -1.26. The van der Waals surface area contributed by atoms with Crippen molar-refractivity contribution in [3.05, 3.63) is 0 Å². The summed E-state index contributed by atoms with van der Waals surface area (Å²) in [4.78, 5) is 20.8. The van der Waals surface area contributed by atoms with Crippen molar-refractivity contribution in [2.45, 2.75) is 25.5 Å². The number of hydrogen-bond acceptors (Lipinski definition) is 4. The zero-order valence-electron chi connectivity index (χ0n) is 6.15. The van der Waals surface area contributed by atoms with Crippen LogP contribution in [0.5, 0.6) is 0 Å². The molecule has 4 N–H and O–H groups in total. The first-order valence-electron chi connectivity index (χ1n) is 3.14. The Labute approximate surface area is 63.8 Å². The smallest absolute Gasteiger partial charge is 0.305 e. The van der Waals surface area contributed by atoms with E-state index in [1.165, 1.54) is 6.92 Å². The summed E-state index contributed by atoms with van der Waals surface area (Å²) in [7, 11) is 0. The second kappa shape index (κ2) is 4.05. The number of ketones is 1. The Kier molecular flexibility index (Phi) is 3.70. The second-order valence-electron chi connectivity index (χ2n) is 2.28. The topological polar surface area (TPSA) is 101 Å². The summed E-state index contributed by atoms with van der Waals surface area (Å²) >= 11 is 0. The van der Waals surface area contributed by atoms with Crippen LogP contribution in [-0.2, 0) is 9.59 Å². The van der Waals surface area contributed by atoms with Crippen molar-refractivity contribution in [3.63, 3.8) is 0 Å². The Balaban J connectivity index is 3.93. The average Bonchev–Trinajstić information content (AvgIpc) is 1.84. The third-order valence-electron chi connectivity index (χ3n) is 1.17. The molecule has 64 valence electrons. The number of carbonyl (C=O) groups is 2. The molecule has 0 spiro atoms. The van der Waals surface area contributed by atoms with E-state index >= 15 is 0 Å². The Morgan fingerprint density at radius 1 is 1.55 bits per heavy atom. The third kappa shape index (κ3) is 3.69. The molecule has 0 heterocycles. The van der Waals surface area contributed by atoms with E-state index in [0.717, 1.165) is 0 Å². The molecular formula is C6H11NO4. The summed E-state index contributed by atoms with van der Waals surface area (Å²) < 4.78 is 0. The van der Waals surface area contributed by atoms with Crippen molar-refractivity contribution in [3.8, 4) is 0 Å². The van der Waals surface area contributed by atoms with Crippen LogP contribution in [-0.4, -0.2) is 34.1 Å². The molecule has 0 radical (unpaired) electrons.